The minimum Gasteiger partial charge on any atom is -0.368 e. The number of likely N-dealkylation sites (tertiary alicyclic amines) is 2. The molecule has 114 valence electrons. The van der Waals surface area contributed by atoms with E-state index >= 15 is 0 Å². The van der Waals surface area contributed by atoms with Crippen LogP contribution in [0, 0.1) is 0 Å². The number of nitrogens with zero attached hydrogens (tertiary/aromatic N) is 2. The highest BCUT2D eigenvalue weighted by Gasteiger charge is 2.38. The third kappa shape index (κ3) is 3.01. The Bertz CT molecular complexity index is 341. The zero-order valence-corrected chi connectivity index (χ0v) is 12.7. The topological polar surface area (TPSA) is 32.8 Å². The third-order valence-electron chi connectivity index (χ3n) is 5.39. The summed E-state index contributed by atoms with van der Waals surface area (Å²) in [5.41, 5.74) is 0. The van der Waals surface area contributed by atoms with E-state index in [2.05, 4.69) is 16.8 Å². The number of hydrogen-bond donors (Lipinski definition) is 0. The second-order valence-corrected chi connectivity index (χ2v) is 6.70. The van der Waals surface area contributed by atoms with E-state index in [4.69, 9.17) is 4.74 Å². The van der Waals surface area contributed by atoms with Gasteiger partial charge in [0.2, 0.25) is 5.91 Å². The maximum absolute atomic E-state index is 12.5. The summed E-state index contributed by atoms with van der Waals surface area (Å²) >= 11 is 0. The average Bonchev–Trinajstić information content (AvgIpc) is 3.16. The fourth-order valence-corrected chi connectivity index (χ4v) is 4.25. The van der Waals surface area contributed by atoms with Gasteiger partial charge >= 0.3 is 0 Å². The molecule has 20 heavy (non-hydrogen) atoms. The van der Waals surface area contributed by atoms with Gasteiger partial charge in [-0.2, -0.15) is 0 Å². The summed E-state index contributed by atoms with van der Waals surface area (Å²) in [4.78, 5) is 17.0. The summed E-state index contributed by atoms with van der Waals surface area (Å²) < 4.78 is 5.81. The Hall–Kier alpha value is -0.610. The minimum absolute atomic E-state index is 0.222. The summed E-state index contributed by atoms with van der Waals surface area (Å²) in [5, 5.41) is 0. The molecule has 0 aromatic rings. The van der Waals surface area contributed by atoms with Crippen molar-refractivity contribution in [2.24, 2.45) is 0 Å². The van der Waals surface area contributed by atoms with Crippen molar-refractivity contribution < 1.29 is 9.53 Å². The summed E-state index contributed by atoms with van der Waals surface area (Å²) in [7, 11) is 2.20. The van der Waals surface area contributed by atoms with Gasteiger partial charge in [-0.15, -0.1) is 0 Å². The second-order valence-electron chi connectivity index (χ2n) is 6.70. The first-order valence-electron chi connectivity index (χ1n) is 8.37. The molecule has 0 unspecified atom stereocenters. The minimum atomic E-state index is 0.222. The highest BCUT2D eigenvalue weighted by atomic mass is 16.5. The largest absolute Gasteiger partial charge is 0.368 e. The van der Waals surface area contributed by atoms with E-state index in [-0.39, 0.29) is 5.91 Å². The van der Waals surface area contributed by atoms with Crippen LogP contribution in [-0.4, -0.2) is 60.6 Å². The van der Waals surface area contributed by atoms with Crippen molar-refractivity contribution in [3.63, 3.8) is 0 Å². The molecule has 2 heterocycles. The molecule has 3 fully saturated rings. The predicted octanol–water partition coefficient (Wildman–Crippen LogP) is 2.03. The summed E-state index contributed by atoms with van der Waals surface area (Å²) in [6, 6.07) is 1.01. The van der Waals surface area contributed by atoms with E-state index in [1.165, 1.54) is 38.6 Å². The molecule has 2 saturated heterocycles. The van der Waals surface area contributed by atoms with Crippen molar-refractivity contribution in [2.45, 2.75) is 69.6 Å². The van der Waals surface area contributed by atoms with Crippen LogP contribution >= 0.6 is 0 Å². The van der Waals surface area contributed by atoms with Gasteiger partial charge in [0.25, 0.3) is 0 Å². The van der Waals surface area contributed by atoms with Gasteiger partial charge < -0.3 is 14.5 Å². The maximum Gasteiger partial charge on any atom is 0.248 e. The van der Waals surface area contributed by atoms with Gasteiger partial charge in [-0.3, -0.25) is 4.79 Å². The standard InChI is InChI=1S/C16H28N2O2/c1-17-10-4-8-14(17)15-9-5-11-18(15)16(19)12-20-13-6-2-3-7-13/h13-15H,2-12H2,1H3/t14-,15+/m1/s1. The average molecular weight is 280 g/mol. The van der Waals surface area contributed by atoms with Crippen LogP contribution in [0.25, 0.3) is 0 Å². The zero-order valence-electron chi connectivity index (χ0n) is 12.7. The molecule has 0 aromatic carbocycles. The Morgan fingerprint density at radius 2 is 1.70 bits per heavy atom. The molecule has 0 aromatic heterocycles. The molecular weight excluding hydrogens is 252 g/mol. The lowest BCUT2D eigenvalue weighted by molar-refractivity contribution is -0.139. The van der Waals surface area contributed by atoms with E-state index < -0.39 is 0 Å². The third-order valence-corrected chi connectivity index (χ3v) is 5.39. The fraction of sp³-hybridized carbons (Fsp3) is 0.938. The molecule has 3 rings (SSSR count). The lowest BCUT2D eigenvalue weighted by Gasteiger charge is -2.33. The lowest BCUT2D eigenvalue weighted by atomic mass is 10.0. The Morgan fingerprint density at radius 1 is 1.00 bits per heavy atom. The summed E-state index contributed by atoms with van der Waals surface area (Å²) in [5.74, 6) is 0.222. The summed E-state index contributed by atoms with van der Waals surface area (Å²) in [6.45, 7) is 2.42. The van der Waals surface area contributed by atoms with Crippen molar-refractivity contribution in [1.82, 2.24) is 9.80 Å². The molecule has 0 N–H and O–H groups in total. The molecule has 0 bridgehead atoms. The van der Waals surface area contributed by atoms with Gasteiger partial charge in [-0.1, -0.05) is 12.8 Å². The van der Waals surface area contributed by atoms with Crippen LogP contribution in [0.2, 0.25) is 0 Å². The SMILES string of the molecule is CN1CCC[C@@H]1[C@@H]1CCCN1C(=O)COC1CCCC1. The number of amides is 1. The van der Waals surface area contributed by atoms with Crippen molar-refractivity contribution >= 4 is 5.91 Å². The molecule has 1 amide bonds. The molecule has 2 atom stereocenters. The van der Waals surface area contributed by atoms with Crippen LogP contribution in [-0.2, 0) is 9.53 Å². The number of ether oxygens (including phenoxy) is 1. The maximum atomic E-state index is 12.5. The molecule has 4 heteroatoms. The van der Waals surface area contributed by atoms with Gasteiger partial charge in [0.1, 0.15) is 6.61 Å². The second kappa shape index (κ2) is 6.44. The Morgan fingerprint density at radius 3 is 2.40 bits per heavy atom. The Kier molecular flexibility index (Phi) is 4.61. The molecule has 1 saturated carbocycles. The first kappa shape index (κ1) is 14.3. The number of likely N-dealkylation sites (N-methyl/N-ethyl adjacent to an activating group) is 1. The molecule has 0 spiro atoms. The van der Waals surface area contributed by atoms with Gasteiger partial charge in [0.05, 0.1) is 6.10 Å². The van der Waals surface area contributed by atoms with E-state index in [0.717, 1.165) is 25.8 Å². The first-order chi connectivity index (χ1) is 9.75. The highest BCUT2D eigenvalue weighted by molar-refractivity contribution is 5.78. The lowest BCUT2D eigenvalue weighted by Crippen LogP contribution is -2.48. The van der Waals surface area contributed by atoms with Crippen LogP contribution in [0.5, 0.6) is 0 Å². The van der Waals surface area contributed by atoms with Crippen LogP contribution in [0.15, 0.2) is 0 Å². The van der Waals surface area contributed by atoms with Crippen LogP contribution in [0.3, 0.4) is 0 Å². The van der Waals surface area contributed by atoms with Crippen molar-refractivity contribution in [3.8, 4) is 0 Å². The number of carbonyl (C=O) groups is 1. The van der Waals surface area contributed by atoms with Crippen LogP contribution in [0.4, 0.5) is 0 Å². The molecule has 2 aliphatic heterocycles. The summed E-state index contributed by atoms with van der Waals surface area (Å²) in [6.07, 6.45) is 10.00. The van der Waals surface area contributed by atoms with Gasteiger partial charge in [-0.25, -0.2) is 0 Å². The molecular formula is C16H28N2O2. The molecule has 3 aliphatic rings. The number of carbonyl (C=O) groups excluding carboxylic acids is 1. The van der Waals surface area contributed by atoms with E-state index in [9.17, 15) is 4.79 Å². The smallest absolute Gasteiger partial charge is 0.248 e. The van der Waals surface area contributed by atoms with Crippen molar-refractivity contribution in [2.75, 3.05) is 26.7 Å². The van der Waals surface area contributed by atoms with Crippen LogP contribution in [0.1, 0.15) is 51.4 Å². The van der Waals surface area contributed by atoms with Gasteiger partial charge in [-0.05, 0) is 52.1 Å². The monoisotopic (exact) mass is 280 g/mol. The molecule has 0 radical (unpaired) electrons. The fourth-order valence-electron chi connectivity index (χ4n) is 4.25. The molecule has 4 nitrogen and oxygen atoms in total. The van der Waals surface area contributed by atoms with Gasteiger partial charge in [0.15, 0.2) is 0 Å². The van der Waals surface area contributed by atoms with Gasteiger partial charge in [0, 0.05) is 18.6 Å². The van der Waals surface area contributed by atoms with E-state index in [1.807, 2.05) is 0 Å². The van der Waals surface area contributed by atoms with Crippen LogP contribution < -0.4 is 0 Å². The Balaban J connectivity index is 1.52. The quantitative estimate of drug-likeness (QED) is 0.790. The Labute approximate surface area is 122 Å². The normalized spacial score (nSPS) is 32.4. The van der Waals surface area contributed by atoms with E-state index in [0.29, 0.717) is 24.8 Å². The first-order valence-corrected chi connectivity index (χ1v) is 8.37. The van der Waals surface area contributed by atoms with Crippen molar-refractivity contribution in [3.05, 3.63) is 0 Å². The predicted molar refractivity (Wildman–Crippen MR) is 78.6 cm³/mol. The highest BCUT2D eigenvalue weighted by Crippen LogP contribution is 2.29. The number of rotatable bonds is 4. The zero-order chi connectivity index (χ0) is 13.9. The molecule has 1 aliphatic carbocycles. The van der Waals surface area contributed by atoms with Crippen molar-refractivity contribution in [1.29, 1.82) is 0 Å². The number of hydrogen-bond acceptors (Lipinski definition) is 3. The van der Waals surface area contributed by atoms with E-state index in [1.54, 1.807) is 0 Å².